The first kappa shape index (κ1) is 13.1. The van der Waals surface area contributed by atoms with E-state index in [4.69, 9.17) is 5.84 Å². The van der Waals surface area contributed by atoms with Crippen LogP contribution in [0.5, 0.6) is 0 Å². The maximum absolute atomic E-state index is 5.64. The van der Waals surface area contributed by atoms with E-state index in [-0.39, 0.29) is 6.04 Å². The van der Waals surface area contributed by atoms with Crippen molar-refractivity contribution in [3.05, 3.63) is 22.7 Å². The minimum Gasteiger partial charge on any atom is -0.271 e. The molecular weight excluding hydrogens is 250 g/mol. The summed E-state index contributed by atoms with van der Waals surface area (Å²) >= 11 is 1.38. The molecule has 2 rings (SSSR count). The quantitative estimate of drug-likeness (QED) is 0.606. The molecule has 8 heteroatoms. The Bertz CT molecular complexity index is 504. The normalized spacial score (nSPS) is 13.2. The zero-order chi connectivity index (χ0) is 13.1. The number of nitrogens with zero attached hydrogens (tertiary/aromatic N) is 5. The first-order valence-corrected chi connectivity index (χ1v) is 6.52. The molecule has 0 aliphatic rings. The molecule has 0 radical (unpaired) electrons. The molecule has 0 aliphatic carbocycles. The third kappa shape index (κ3) is 2.55. The molecule has 0 amide bonds. The standard InChI is InChI=1S/C10H17N7S/c1-6(2)9-10(18-16-15-9)7(14-11)4-8-12-5-13-17(8)3/h5-7,14H,4,11H2,1-3H3. The van der Waals surface area contributed by atoms with Crippen molar-refractivity contribution in [2.45, 2.75) is 32.2 Å². The Hall–Kier alpha value is -1.38. The second-order valence-corrected chi connectivity index (χ2v) is 5.19. The van der Waals surface area contributed by atoms with Crippen molar-refractivity contribution < 1.29 is 0 Å². The van der Waals surface area contributed by atoms with Gasteiger partial charge in [0.25, 0.3) is 0 Å². The van der Waals surface area contributed by atoms with Crippen LogP contribution in [0.4, 0.5) is 0 Å². The summed E-state index contributed by atoms with van der Waals surface area (Å²) in [6.07, 6.45) is 2.20. The highest BCUT2D eigenvalue weighted by Gasteiger charge is 2.22. The minimum absolute atomic E-state index is 0.0368. The molecule has 7 nitrogen and oxygen atoms in total. The highest BCUT2D eigenvalue weighted by molar-refractivity contribution is 7.05. The Morgan fingerprint density at radius 3 is 2.83 bits per heavy atom. The monoisotopic (exact) mass is 267 g/mol. The van der Waals surface area contributed by atoms with Crippen LogP contribution in [0, 0.1) is 0 Å². The average molecular weight is 267 g/mol. The molecule has 3 N–H and O–H groups in total. The van der Waals surface area contributed by atoms with Gasteiger partial charge >= 0.3 is 0 Å². The van der Waals surface area contributed by atoms with E-state index in [0.717, 1.165) is 16.4 Å². The molecule has 0 aromatic carbocycles. The van der Waals surface area contributed by atoms with E-state index in [1.807, 2.05) is 7.05 Å². The van der Waals surface area contributed by atoms with Gasteiger partial charge in [0.2, 0.25) is 0 Å². The van der Waals surface area contributed by atoms with Crippen LogP contribution in [0.3, 0.4) is 0 Å². The number of nitrogens with two attached hydrogens (primary N) is 1. The Labute approximate surface area is 110 Å². The van der Waals surface area contributed by atoms with E-state index >= 15 is 0 Å². The van der Waals surface area contributed by atoms with E-state index in [0.29, 0.717) is 12.3 Å². The minimum atomic E-state index is -0.0368. The van der Waals surface area contributed by atoms with Crippen LogP contribution in [-0.4, -0.2) is 24.4 Å². The Morgan fingerprint density at radius 1 is 1.50 bits per heavy atom. The lowest BCUT2D eigenvalue weighted by atomic mass is 10.0. The van der Waals surface area contributed by atoms with E-state index in [9.17, 15) is 0 Å². The summed E-state index contributed by atoms with van der Waals surface area (Å²) in [7, 11) is 1.87. The molecule has 2 aromatic rings. The fourth-order valence-electron chi connectivity index (χ4n) is 1.76. The molecule has 18 heavy (non-hydrogen) atoms. The van der Waals surface area contributed by atoms with Gasteiger partial charge < -0.3 is 0 Å². The van der Waals surface area contributed by atoms with Crippen LogP contribution in [0.2, 0.25) is 0 Å². The van der Waals surface area contributed by atoms with Gasteiger partial charge in [0.15, 0.2) is 0 Å². The number of hydrogen-bond acceptors (Lipinski definition) is 7. The van der Waals surface area contributed by atoms with E-state index in [1.165, 1.54) is 17.9 Å². The number of hydrazine groups is 1. The summed E-state index contributed by atoms with van der Waals surface area (Å²) in [6, 6.07) is -0.0368. The lowest BCUT2D eigenvalue weighted by molar-refractivity contribution is 0.523. The molecule has 0 bridgehead atoms. The lowest BCUT2D eigenvalue weighted by Gasteiger charge is -2.15. The first-order chi connectivity index (χ1) is 8.63. The van der Waals surface area contributed by atoms with Gasteiger partial charge in [0, 0.05) is 13.5 Å². The number of hydrogen-bond donors (Lipinski definition) is 2. The molecule has 0 saturated carbocycles. The maximum atomic E-state index is 5.64. The number of aromatic nitrogens is 5. The van der Waals surface area contributed by atoms with Crippen molar-refractivity contribution >= 4 is 11.5 Å². The topological polar surface area (TPSA) is 94.5 Å². The average Bonchev–Trinajstić information content (AvgIpc) is 2.95. The highest BCUT2D eigenvalue weighted by atomic mass is 32.1. The first-order valence-electron chi connectivity index (χ1n) is 5.74. The van der Waals surface area contributed by atoms with Gasteiger partial charge in [-0.05, 0) is 17.5 Å². The number of nitrogens with one attached hydrogen (secondary N) is 1. The Morgan fingerprint density at radius 2 is 2.28 bits per heavy atom. The van der Waals surface area contributed by atoms with Gasteiger partial charge in [-0.1, -0.05) is 18.3 Å². The van der Waals surface area contributed by atoms with E-state index < -0.39 is 0 Å². The summed E-state index contributed by atoms with van der Waals surface area (Å²) in [4.78, 5) is 5.27. The zero-order valence-corrected chi connectivity index (χ0v) is 11.5. The van der Waals surface area contributed by atoms with E-state index in [2.05, 4.69) is 38.9 Å². The molecule has 1 atom stereocenters. The maximum Gasteiger partial charge on any atom is 0.138 e. The molecular formula is C10H17N7S. The van der Waals surface area contributed by atoms with E-state index in [1.54, 1.807) is 4.68 Å². The second-order valence-electron chi connectivity index (χ2n) is 4.40. The predicted molar refractivity (Wildman–Crippen MR) is 68.8 cm³/mol. The zero-order valence-electron chi connectivity index (χ0n) is 10.7. The highest BCUT2D eigenvalue weighted by Crippen LogP contribution is 2.27. The van der Waals surface area contributed by atoms with Gasteiger partial charge in [0.1, 0.15) is 12.2 Å². The van der Waals surface area contributed by atoms with Crippen molar-refractivity contribution in [1.82, 2.24) is 29.8 Å². The summed E-state index contributed by atoms with van der Waals surface area (Å²) in [5, 5.41) is 8.22. The Kier molecular flexibility index (Phi) is 4.00. The predicted octanol–water partition coefficient (Wildman–Crippen LogP) is 0.537. The van der Waals surface area contributed by atoms with Crippen molar-refractivity contribution in [2.24, 2.45) is 12.9 Å². The van der Waals surface area contributed by atoms with Crippen LogP contribution < -0.4 is 11.3 Å². The van der Waals surface area contributed by atoms with Gasteiger partial charge in [-0.25, -0.2) is 4.98 Å². The Balaban J connectivity index is 2.23. The fourth-order valence-corrected chi connectivity index (χ4v) is 2.63. The van der Waals surface area contributed by atoms with Crippen LogP contribution in [-0.2, 0) is 13.5 Å². The summed E-state index contributed by atoms with van der Waals surface area (Å²) in [6.45, 7) is 4.19. The smallest absolute Gasteiger partial charge is 0.138 e. The van der Waals surface area contributed by atoms with Crippen molar-refractivity contribution in [2.75, 3.05) is 0 Å². The van der Waals surface area contributed by atoms with Crippen LogP contribution >= 0.6 is 11.5 Å². The van der Waals surface area contributed by atoms with Gasteiger partial charge in [-0.2, -0.15) is 5.10 Å². The lowest BCUT2D eigenvalue weighted by Crippen LogP contribution is -2.30. The largest absolute Gasteiger partial charge is 0.271 e. The number of aryl methyl sites for hydroxylation is 1. The molecule has 2 aromatic heterocycles. The molecule has 98 valence electrons. The fraction of sp³-hybridized carbons (Fsp3) is 0.600. The number of rotatable bonds is 5. The van der Waals surface area contributed by atoms with Gasteiger partial charge in [-0.3, -0.25) is 16.0 Å². The SMILES string of the molecule is CC(C)c1nnsc1C(Cc1ncnn1C)NN. The molecule has 0 fully saturated rings. The molecule has 0 saturated heterocycles. The summed E-state index contributed by atoms with van der Waals surface area (Å²) in [5.74, 6) is 6.85. The van der Waals surface area contributed by atoms with Gasteiger partial charge in [-0.15, -0.1) is 5.10 Å². The molecule has 1 unspecified atom stereocenters. The van der Waals surface area contributed by atoms with Crippen LogP contribution in [0.1, 0.15) is 42.2 Å². The molecule has 0 spiro atoms. The third-order valence-corrected chi connectivity index (χ3v) is 3.65. The summed E-state index contributed by atoms with van der Waals surface area (Å²) < 4.78 is 5.76. The molecule has 0 aliphatic heterocycles. The van der Waals surface area contributed by atoms with Crippen molar-refractivity contribution in [3.8, 4) is 0 Å². The second kappa shape index (κ2) is 5.51. The van der Waals surface area contributed by atoms with Crippen LogP contribution in [0.25, 0.3) is 0 Å². The van der Waals surface area contributed by atoms with Gasteiger partial charge in [0.05, 0.1) is 16.6 Å². The van der Waals surface area contributed by atoms with Crippen molar-refractivity contribution in [3.63, 3.8) is 0 Å². The van der Waals surface area contributed by atoms with Crippen LogP contribution in [0.15, 0.2) is 6.33 Å². The van der Waals surface area contributed by atoms with Crippen molar-refractivity contribution in [1.29, 1.82) is 0 Å². The summed E-state index contributed by atoms with van der Waals surface area (Å²) in [5.41, 5.74) is 3.81. The molecule has 2 heterocycles. The third-order valence-electron chi connectivity index (χ3n) is 2.80.